The van der Waals surface area contributed by atoms with Crippen LogP contribution in [0.1, 0.15) is 22.5 Å². The topological polar surface area (TPSA) is 98.8 Å². The fourth-order valence-electron chi connectivity index (χ4n) is 2.57. The van der Waals surface area contributed by atoms with E-state index in [2.05, 4.69) is 15.3 Å². The van der Waals surface area contributed by atoms with E-state index >= 15 is 0 Å². The van der Waals surface area contributed by atoms with Gasteiger partial charge in [-0.1, -0.05) is 23.7 Å². The van der Waals surface area contributed by atoms with Crippen LogP contribution in [-0.2, 0) is 11.2 Å². The Morgan fingerprint density at radius 1 is 1.35 bits per heavy atom. The molecule has 3 N–H and O–H groups in total. The van der Waals surface area contributed by atoms with Crippen LogP contribution in [0, 0.1) is 0 Å². The number of aromatic nitrogens is 1. The number of aryl methyl sites for hydroxylation is 1. The molecule has 1 aromatic carbocycles. The monoisotopic (exact) mass is 374 g/mol. The lowest BCUT2D eigenvalue weighted by Crippen LogP contribution is -2.14. The first-order chi connectivity index (χ1) is 12.5. The number of rotatable bonds is 6. The largest absolute Gasteiger partial charge is 0.494 e. The molecule has 0 radical (unpaired) electrons. The fraction of sp³-hybridized carbons (Fsp3) is 0.278. The molecular weight excluding hydrogens is 356 g/mol. The molecule has 26 heavy (non-hydrogen) atoms. The fourth-order valence-corrected chi connectivity index (χ4v) is 2.80. The van der Waals surface area contributed by atoms with E-state index in [9.17, 15) is 4.79 Å². The number of hydrogen-bond acceptors (Lipinski definition) is 6. The van der Waals surface area contributed by atoms with Crippen molar-refractivity contribution in [3.63, 3.8) is 0 Å². The van der Waals surface area contributed by atoms with Crippen molar-refractivity contribution in [2.75, 3.05) is 19.0 Å². The summed E-state index contributed by atoms with van der Waals surface area (Å²) in [6.45, 7) is 0.539. The molecule has 0 spiro atoms. The Labute approximate surface area is 156 Å². The Bertz CT molecular complexity index is 824. The third-order valence-electron chi connectivity index (χ3n) is 3.98. The maximum Gasteiger partial charge on any atom is 0.282 e. The van der Waals surface area contributed by atoms with Crippen molar-refractivity contribution >= 4 is 29.2 Å². The van der Waals surface area contributed by atoms with E-state index in [1.807, 2.05) is 24.3 Å². The van der Waals surface area contributed by atoms with E-state index in [1.54, 1.807) is 12.1 Å². The molecule has 0 fully saturated rings. The maximum absolute atomic E-state index is 12.3. The number of anilines is 1. The van der Waals surface area contributed by atoms with Crippen LogP contribution in [0.5, 0.6) is 5.75 Å². The van der Waals surface area contributed by atoms with Crippen molar-refractivity contribution < 1.29 is 14.3 Å². The van der Waals surface area contributed by atoms with E-state index in [0.29, 0.717) is 18.0 Å². The highest BCUT2D eigenvalue weighted by molar-refractivity contribution is 6.31. The van der Waals surface area contributed by atoms with E-state index in [-0.39, 0.29) is 28.8 Å². The van der Waals surface area contributed by atoms with Crippen molar-refractivity contribution in [2.24, 2.45) is 10.7 Å². The van der Waals surface area contributed by atoms with Gasteiger partial charge in [-0.3, -0.25) is 4.79 Å². The van der Waals surface area contributed by atoms with E-state index in [4.69, 9.17) is 26.8 Å². The second-order valence-electron chi connectivity index (χ2n) is 5.81. The normalized spacial score (nSPS) is 15.9. The number of benzene rings is 1. The molecule has 1 unspecified atom stereocenters. The minimum Gasteiger partial charge on any atom is -0.494 e. The molecule has 3 rings (SSSR count). The van der Waals surface area contributed by atoms with Gasteiger partial charge in [-0.2, -0.15) is 0 Å². The van der Waals surface area contributed by atoms with Gasteiger partial charge in [-0.05, 0) is 42.7 Å². The van der Waals surface area contributed by atoms with E-state index in [0.717, 1.165) is 18.4 Å². The summed E-state index contributed by atoms with van der Waals surface area (Å²) in [7, 11) is 1.49. The van der Waals surface area contributed by atoms with Gasteiger partial charge in [0.15, 0.2) is 10.9 Å². The number of nitrogens with zero attached hydrogens (tertiary/aromatic N) is 2. The predicted molar refractivity (Wildman–Crippen MR) is 99.9 cm³/mol. The SMILES string of the molecule is COc1ccc(C(=O)Nc2ccc(CCC3COC(N)=N3)cc2)nc1Cl. The molecule has 8 heteroatoms. The highest BCUT2D eigenvalue weighted by atomic mass is 35.5. The number of ether oxygens (including phenoxy) is 2. The van der Waals surface area contributed by atoms with Crippen molar-refractivity contribution in [3.8, 4) is 5.75 Å². The Kier molecular flexibility index (Phi) is 5.58. The molecule has 1 atom stereocenters. The van der Waals surface area contributed by atoms with Gasteiger partial charge in [0.25, 0.3) is 11.9 Å². The number of halogens is 1. The van der Waals surface area contributed by atoms with Gasteiger partial charge < -0.3 is 20.5 Å². The van der Waals surface area contributed by atoms with Crippen molar-refractivity contribution in [2.45, 2.75) is 18.9 Å². The molecule has 2 heterocycles. The zero-order valence-electron chi connectivity index (χ0n) is 14.2. The molecule has 0 saturated carbocycles. The second-order valence-corrected chi connectivity index (χ2v) is 6.17. The average Bonchev–Trinajstić information content (AvgIpc) is 3.06. The Hall–Kier alpha value is -2.80. The number of nitrogens with one attached hydrogen (secondary N) is 1. The van der Waals surface area contributed by atoms with Crippen LogP contribution >= 0.6 is 11.6 Å². The highest BCUT2D eigenvalue weighted by Crippen LogP contribution is 2.22. The maximum atomic E-state index is 12.3. The van der Waals surface area contributed by atoms with Gasteiger partial charge in [0.1, 0.15) is 12.3 Å². The predicted octanol–water partition coefficient (Wildman–Crippen LogP) is 2.64. The summed E-state index contributed by atoms with van der Waals surface area (Å²) in [5.74, 6) is 0.0848. The van der Waals surface area contributed by atoms with Crippen LogP contribution in [0.4, 0.5) is 5.69 Å². The molecule has 0 bridgehead atoms. The third kappa shape index (κ3) is 4.43. The van der Waals surface area contributed by atoms with Gasteiger partial charge in [0.05, 0.1) is 13.2 Å². The molecule has 0 aliphatic carbocycles. The van der Waals surface area contributed by atoms with Crippen LogP contribution in [0.3, 0.4) is 0 Å². The number of aliphatic imine (C=N–C) groups is 1. The number of pyridine rings is 1. The Balaban J connectivity index is 1.56. The highest BCUT2D eigenvalue weighted by Gasteiger charge is 2.16. The minimum absolute atomic E-state index is 0.111. The van der Waals surface area contributed by atoms with Crippen molar-refractivity contribution in [3.05, 3.63) is 52.8 Å². The first-order valence-electron chi connectivity index (χ1n) is 8.12. The lowest BCUT2D eigenvalue weighted by Gasteiger charge is -2.08. The summed E-state index contributed by atoms with van der Waals surface area (Å²) >= 11 is 5.95. The number of carbonyl (C=O) groups excluding carboxylic acids is 1. The summed E-state index contributed by atoms with van der Waals surface area (Å²) in [5, 5.41) is 2.94. The Morgan fingerprint density at radius 2 is 2.12 bits per heavy atom. The zero-order chi connectivity index (χ0) is 18.5. The second kappa shape index (κ2) is 8.05. The van der Waals surface area contributed by atoms with Gasteiger partial charge in [0.2, 0.25) is 0 Å². The quantitative estimate of drug-likeness (QED) is 0.757. The molecule has 1 amide bonds. The molecule has 1 aliphatic heterocycles. The van der Waals surface area contributed by atoms with Gasteiger partial charge in [0, 0.05) is 5.69 Å². The lowest BCUT2D eigenvalue weighted by molar-refractivity contribution is 0.102. The first-order valence-corrected chi connectivity index (χ1v) is 8.50. The van der Waals surface area contributed by atoms with Crippen molar-refractivity contribution in [1.29, 1.82) is 0 Å². The van der Waals surface area contributed by atoms with E-state index < -0.39 is 0 Å². The average molecular weight is 375 g/mol. The van der Waals surface area contributed by atoms with Gasteiger partial charge >= 0.3 is 0 Å². The summed E-state index contributed by atoms with van der Waals surface area (Å²) in [6, 6.07) is 11.2. The van der Waals surface area contributed by atoms with Crippen LogP contribution in [-0.4, -0.2) is 36.7 Å². The van der Waals surface area contributed by atoms with Crippen molar-refractivity contribution in [1.82, 2.24) is 4.98 Å². The zero-order valence-corrected chi connectivity index (χ0v) is 15.0. The van der Waals surface area contributed by atoms with Crippen LogP contribution in [0.2, 0.25) is 5.15 Å². The van der Waals surface area contributed by atoms with Crippen LogP contribution in [0.15, 0.2) is 41.4 Å². The molecule has 7 nitrogen and oxygen atoms in total. The summed E-state index contributed by atoms with van der Waals surface area (Å²) in [5.41, 5.74) is 7.55. The summed E-state index contributed by atoms with van der Waals surface area (Å²) in [6.07, 6.45) is 1.72. The summed E-state index contributed by atoms with van der Waals surface area (Å²) < 4.78 is 10.2. The molecule has 1 aromatic heterocycles. The van der Waals surface area contributed by atoms with E-state index in [1.165, 1.54) is 7.11 Å². The van der Waals surface area contributed by atoms with Gasteiger partial charge in [-0.15, -0.1) is 0 Å². The Morgan fingerprint density at radius 3 is 2.73 bits per heavy atom. The van der Waals surface area contributed by atoms with Crippen LogP contribution < -0.4 is 15.8 Å². The number of amides is 1. The molecular formula is C18H19ClN4O3. The number of methoxy groups -OCH3 is 1. The molecule has 1 aliphatic rings. The number of nitrogens with two attached hydrogens (primary N) is 1. The smallest absolute Gasteiger partial charge is 0.282 e. The number of hydrogen-bond donors (Lipinski definition) is 2. The number of amidine groups is 1. The third-order valence-corrected chi connectivity index (χ3v) is 4.25. The standard InChI is InChI=1S/C18H19ClN4O3/c1-25-15-9-8-14(23-16(15)19)17(24)21-12-5-2-11(3-6-12)4-7-13-10-26-18(20)22-13/h2-3,5-6,8-9,13H,4,7,10H2,1H3,(H2,20,22)(H,21,24). The van der Waals surface area contributed by atoms with Crippen LogP contribution in [0.25, 0.3) is 0 Å². The molecule has 136 valence electrons. The minimum atomic E-state index is -0.338. The molecule has 2 aromatic rings. The van der Waals surface area contributed by atoms with Gasteiger partial charge in [-0.25, -0.2) is 9.98 Å². The number of carbonyl (C=O) groups is 1. The first kappa shape index (κ1) is 18.0. The molecule has 0 saturated heterocycles. The lowest BCUT2D eigenvalue weighted by atomic mass is 10.1. The summed E-state index contributed by atoms with van der Waals surface area (Å²) in [4.78, 5) is 20.5.